The van der Waals surface area contributed by atoms with Crippen molar-refractivity contribution in [2.24, 2.45) is 5.92 Å². The molecule has 7 heteroatoms. The molecular weight excluding hydrogens is 338 g/mol. The third-order valence-electron chi connectivity index (χ3n) is 4.96. The van der Waals surface area contributed by atoms with Crippen LogP contribution < -0.4 is 0 Å². The van der Waals surface area contributed by atoms with Crippen LogP contribution >= 0.6 is 0 Å². The van der Waals surface area contributed by atoms with Gasteiger partial charge in [0.1, 0.15) is 5.60 Å². The fourth-order valence-corrected chi connectivity index (χ4v) is 3.74. The second-order valence-corrected chi connectivity index (χ2v) is 8.23. The lowest BCUT2D eigenvalue weighted by atomic mass is 9.87. The van der Waals surface area contributed by atoms with Crippen LogP contribution in [0.1, 0.15) is 52.9 Å². The average molecular weight is 371 g/mol. The molecule has 2 rings (SSSR count). The highest BCUT2D eigenvalue weighted by Crippen LogP contribution is 2.31. The van der Waals surface area contributed by atoms with Crippen molar-refractivity contribution in [2.75, 3.05) is 27.4 Å². The highest BCUT2D eigenvalue weighted by Gasteiger charge is 2.39. The van der Waals surface area contributed by atoms with Crippen LogP contribution in [0.5, 0.6) is 0 Å². The van der Waals surface area contributed by atoms with Crippen LogP contribution in [-0.2, 0) is 23.7 Å². The van der Waals surface area contributed by atoms with E-state index in [1.54, 1.807) is 12.0 Å². The fraction of sp³-hybridized carbons (Fsp3) is 0.895. The number of amides is 1. The maximum Gasteiger partial charge on any atom is 0.410 e. The minimum atomic E-state index is -0.528. The Kier molecular flexibility index (Phi) is 7.29. The van der Waals surface area contributed by atoms with E-state index in [0.29, 0.717) is 13.2 Å². The summed E-state index contributed by atoms with van der Waals surface area (Å²) in [5.74, 6) is -0.136. The molecule has 0 aromatic rings. The zero-order valence-corrected chi connectivity index (χ0v) is 16.7. The van der Waals surface area contributed by atoms with E-state index in [0.717, 1.165) is 32.1 Å². The van der Waals surface area contributed by atoms with Crippen molar-refractivity contribution < 1.29 is 28.5 Å². The molecule has 7 nitrogen and oxygen atoms in total. The first-order chi connectivity index (χ1) is 12.2. The fourth-order valence-electron chi connectivity index (χ4n) is 3.74. The van der Waals surface area contributed by atoms with Crippen molar-refractivity contribution in [3.8, 4) is 0 Å². The van der Waals surface area contributed by atoms with E-state index in [1.165, 1.54) is 7.11 Å². The second-order valence-electron chi connectivity index (χ2n) is 8.23. The largest absolute Gasteiger partial charge is 0.469 e. The number of rotatable bonds is 5. The predicted octanol–water partition coefficient (Wildman–Crippen LogP) is 2.76. The van der Waals surface area contributed by atoms with Crippen molar-refractivity contribution >= 4 is 12.1 Å². The number of hydrogen-bond acceptors (Lipinski definition) is 6. The van der Waals surface area contributed by atoms with Crippen LogP contribution in [0.2, 0.25) is 0 Å². The smallest absolute Gasteiger partial charge is 0.410 e. The first-order valence-electron chi connectivity index (χ1n) is 9.45. The normalized spacial score (nSPS) is 29.5. The molecule has 0 unspecified atom stereocenters. The van der Waals surface area contributed by atoms with Crippen LogP contribution in [0, 0.1) is 5.92 Å². The predicted molar refractivity (Wildman–Crippen MR) is 95.9 cm³/mol. The quantitative estimate of drug-likeness (QED) is 0.692. The van der Waals surface area contributed by atoms with Crippen molar-refractivity contribution in [1.29, 1.82) is 0 Å². The first kappa shape index (κ1) is 21.0. The number of carbonyl (C=O) groups excluding carboxylic acids is 2. The van der Waals surface area contributed by atoms with Gasteiger partial charge in [0.15, 0.2) is 0 Å². The molecule has 1 amide bonds. The number of ether oxygens (including phenoxy) is 4. The summed E-state index contributed by atoms with van der Waals surface area (Å²) >= 11 is 0. The lowest BCUT2D eigenvalue weighted by Gasteiger charge is -2.29. The van der Waals surface area contributed by atoms with E-state index in [4.69, 9.17) is 18.9 Å². The van der Waals surface area contributed by atoms with Crippen LogP contribution in [0.3, 0.4) is 0 Å². The minimum absolute atomic E-state index is 0.0112. The van der Waals surface area contributed by atoms with Gasteiger partial charge in [-0.05, 0) is 52.9 Å². The molecular formula is C19H33NO6. The summed E-state index contributed by atoms with van der Waals surface area (Å²) in [6, 6.07) is -0.0359. The van der Waals surface area contributed by atoms with Crippen molar-refractivity contribution in [2.45, 2.75) is 76.7 Å². The molecule has 150 valence electrons. The van der Waals surface area contributed by atoms with Crippen molar-refractivity contribution in [3.63, 3.8) is 0 Å². The number of hydrogen-bond donors (Lipinski definition) is 0. The summed E-state index contributed by atoms with van der Waals surface area (Å²) in [5.41, 5.74) is -0.528. The molecule has 2 fully saturated rings. The molecule has 2 atom stereocenters. The monoisotopic (exact) mass is 371 g/mol. The van der Waals surface area contributed by atoms with E-state index < -0.39 is 5.60 Å². The summed E-state index contributed by atoms with van der Waals surface area (Å²) in [5, 5.41) is 0. The summed E-state index contributed by atoms with van der Waals surface area (Å²) < 4.78 is 21.9. The van der Waals surface area contributed by atoms with E-state index in [2.05, 4.69) is 0 Å². The van der Waals surface area contributed by atoms with Gasteiger partial charge in [-0.3, -0.25) is 4.79 Å². The van der Waals surface area contributed by atoms with E-state index in [-0.39, 0.29) is 36.2 Å². The Morgan fingerprint density at radius 1 is 1.04 bits per heavy atom. The molecule has 26 heavy (non-hydrogen) atoms. The summed E-state index contributed by atoms with van der Waals surface area (Å²) in [6.45, 7) is 6.56. The van der Waals surface area contributed by atoms with Gasteiger partial charge in [0.05, 0.1) is 44.4 Å². The van der Waals surface area contributed by atoms with Gasteiger partial charge in [-0.25, -0.2) is 4.79 Å². The van der Waals surface area contributed by atoms with Crippen molar-refractivity contribution in [3.05, 3.63) is 0 Å². The molecule has 0 spiro atoms. The zero-order valence-electron chi connectivity index (χ0n) is 16.7. The van der Waals surface area contributed by atoms with Gasteiger partial charge in [-0.15, -0.1) is 0 Å². The molecule has 1 saturated heterocycles. The Bertz CT molecular complexity index is 481. The summed E-state index contributed by atoms with van der Waals surface area (Å²) in [6.07, 6.45) is 3.80. The Morgan fingerprint density at radius 2 is 1.69 bits per heavy atom. The topological polar surface area (TPSA) is 74.3 Å². The number of methoxy groups -OCH3 is 2. The third-order valence-corrected chi connectivity index (χ3v) is 4.96. The van der Waals surface area contributed by atoms with Crippen LogP contribution in [-0.4, -0.2) is 68.2 Å². The molecule has 0 radical (unpaired) electrons. The standard InChI is InChI=1S/C19H33NO6/c1-19(2,3)26-18(22)20-11-16(10-14(20)12-23-4)25-15-8-6-13(7-9-15)17(21)24-5/h13-16H,6-12H2,1-5H3/t13-,14-,15-,16+/m0/s1. The molecule has 0 aromatic heterocycles. The molecule has 1 saturated carbocycles. The number of esters is 1. The van der Waals surface area contributed by atoms with Crippen LogP contribution in [0.15, 0.2) is 0 Å². The highest BCUT2D eigenvalue weighted by molar-refractivity contribution is 5.72. The molecule has 1 aliphatic carbocycles. The molecule has 2 aliphatic rings. The average Bonchev–Trinajstić information content (AvgIpc) is 2.96. The molecule has 0 aromatic carbocycles. The first-order valence-corrected chi connectivity index (χ1v) is 9.45. The highest BCUT2D eigenvalue weighted by atomic mass is 16.6. The Balaban J connectivity index is 1.87. The Hall–Kier alpha value is -1.34. The van der Waals surface area contributed by atoms with Crippen molar-refractivity contribution in [1.82, 2.24) is 4.90 Å². The van der Waals surface area contributed by atoms with Gasteiger partial charge in [0, 0.05) is 7.11 Å². The number of likely N-dealkylation sites (tertiary alicyclic amines) is 1. The Labute approximate surface area is 156 Å². The van der Waals surface area contributed by atoms with E-state index >= 15 is 0 Å². The van der Waals surface area contributed by atoms with Gasteiger partial charge in [0.25, 0.3) is 0 Å². The van der Waals surface area contributed by atoms with Gasteiger partial charge in [-0.2, -0.15) is 0 Å². The SMILES string of the molecule is COC[C@@H]1C[C@@H](O[C@H]2CC[C@H](C(=O)OC)CC2)CN1C(=O)OC(C)(C)C. The third kappa shape index (κ3) is 5.84. The molecule has 0 bridgehead atoms. The number of carbonyl (C=O) groups is 2. The lowest BCUT2D eigenvalue weighted by molar-refractivity contribution is -0.147. The molecule has 0 N–H and O–H groups in total. The van der Waals surface area contributed by atoms with E-state index in [1.807, 2.05) is 20.8 Å². The summed E-state index contributed by atoms with van der Waals surface area (Å²) in [7, 11) is 3.07. The second kappa shape index (κ2) is 9.04. The minimum Gasteiger partial charge on any atom is -0.469 e. The van der Waals surface area contributed by atoms with Gasteiger partial charge in [-0.1, -0.05) is 0 Å². The maximum absolute atomic E-state index is 12.5. The lowest BCUT2D eigenvalue weighted by Crippen LogP contribution is -2.42. The van der Waals surface area contributed by atoms with Crippen LogP contribution in [0.25, 0.3) is 0 Å². The van der Waals surface area contributed by atoms with Gasteiger partial charge >= 0.3 is 12.1 Å². The Morgan fingerprint density at radius 3 is 2.23 bits per heavy atom. The number of nitrogens with zero attached hydrogens (tertiary/aromatic N) is 1. The van der Waals surface area contributed by atoms with Crippen LogP contribution in [0.4, 0.5) is 4.79 Å². The molecule has 1 aliphatic heterocycles. The maximum atomic E-state index is 12.5. The van der Waals surface area contributed by atoms with E-state index in [9.17, 15) is 9.59 Å². The zero-order chi connectivity index (χ0) is 19.3. The molecule has 1 heterocycles. The van der Waals surface area contributed by atoms with Gasteiger partial charge in [0.2, 0.25) is 0 Å². The van der Waals surface area contributed by atoms with Gasteiger partial charge < -0.3 is 23.8 Å². The summed E-state index contributed by atoms with van der Waals surface area (Å²) in [4.78, 5) is 25.8.